The molecule has 0 fully saturated rings. The highest BCUT2D eigenvalue weighted by atomic mass is 16.6. The standard InChI is InChI=1S/C5H7NO4/c1-4(5(7)8)2-3-6(9)10/h1-3H2,(H,7,8). The molecular weight excluding hydrogens is 138 g/mol. The predicted octanol–water partition coefficient (Wildman–Crippen LogP) is 0.294. The summed E-state index contributed by atoms with van der Waals surface area (Å²) >= 11 is 0. The molecule has 0 saturated heterocycles. The fraction of sp³-hybridized carbons (Fsp3) is 0.400. The van der Waals surface area contributed by atoms with Crippen LogP contribution in [-0.2, 0) is 4.79 Å². The second kappa shape index (κ2) is 3.60. The third-order valence-electron chi connectivity index (χ3n) is 0.899. The van der Waals surface area contributed by atoms with E-state index in [-0.39, 0.29) is 18.5 Å². The van der Waals surface area contributed by atoms with Gasteiger partial charge in [-0.15, -0.1) is 0 Å². The third-order valence-corrected chi connectivity index (χ3v) is 0.899. The second-order valence-corrected chi connectivity index (χ2v) is 1.72. The lowest BCUT2D eigenvalue weighted by atomic mass is 10.2. The van der Waals surface area contributed by atoms with Crippen molar-refractivity contribution in [2.45, 2.75) is 6.42 Å². The zero-order valence-corrected chi connectivity index (χ0v) is 5.24. The minimum absolute atomic E-state index is 0.0949. The Morgan fingerprint density at radius 3 is 2.50 bits per heavy atom. The van der Waals surface area contributed by atoms with Gasteiger partial charge >= 0.3 is 5.97 Å². The zero-order valence-electron chi connectivity index (χ0n) is 5.24. The number of carboxylic acids is 1. The molecule has 0 rings (SSSR count). The fourth-order valence-electron chi connectivity index (χ4n) is 0.333. The van der Waals surface area contributed by atoms with E-state index in [0.717, 1.165) is 0 Å². The van der Waals surface area contributed by atoms with E-state index in [4.69, 9.17) is 5.11 Å². The van der Waals surface area contributed by atoms with Crippen LogP contribution in [0.5, 0.6) is 0 Å². The van der Waals surface area contributed by atoms with Gasteiger partial charge in [-0.1, -0.05) is 6.58 Å². The number of hydrogen-bond acceptors (Lipinski definition) is 3. The molecule has 0 aromatic heterocycles. The maximum absolute atomic E-state index is 9.99. The summed E-state index contributed by atoms with van der Waals surface area (Å²) in [5.41, 5.74) is -0.128. The first-order valence-electron chi connectivity index (χ1n) is 2.57. The Morgan fingerprint density at radius 2 is 2.20 bits per heavy atom. The first-order valence-corrected chi connectivity index (χ1v) is 2.57. The zero-order chi connectivity index (χ0) is 8.15. The number of nitrogens with zero attached hydrogens (tertiary/aromatic N) is 1. The topological polar surface area (TPSA) is 80.4 Å². The van der Waals surface area contributed by atoms with Crippen LogP contribution in [-0.4, -0.2) is 22.5 Å². The maximum atomic E-state index is 9.99. The SMILES string of the molecule is C=C(CC[N+](=O)[O-])C(=O)O. The van der Waals surface area contributed by atoms with Gasteiger partial charge in [-0.05, 0) is 0 Å². The Morgan fingerprint density at radius 1 is 1.70 bits per heavy atom. The molecule has 10 heavy (non-hydrogen) atoms. The molecule has 0 aliphatic carbocycles. The van der Waals surface area contributed by atoms with Gasteiger partial charge in [-0.3, -0.25) is 10.1 Å². The first-order chi connectivity index (χ1) is 4.54. The van der Waals surface area contributed by atoms with Crippen molar-refractivity contribution in [3.05, 3.63) is 22.3 Å². The third kappa shape index (κ3) is 3.59. The molecule has 0 saturated carbocycles. The van der Waals surface area contributed by atoms with Gasteiger partial charge < -0.3 is 5.11 Å². The number of nitro groups is 1. The van der Waals surface area contributed by atoms with E-state index in [9.17, 15) is 14.9 Å². The van der Waals surface area contributed by atoms with E-state index in [2.05, 4.69) is 6.58 Å². The predicted molar refractivity (Wildman–Crippen MR) is 33.3 cm³/mol. The molecule has 0 aliphatic rings. The molecule has 0 aromatic rings. The van der Waals surface area contributed by atoms with Crippen LogP contribution in [0.25, 0.3) is 0 Å². The van der Waals surface area contributed by atoms with Gasteiger partial charge in [0.1, 0.15) is 0 Å². The molecule has 56 valence electrons. The molecule has 5 heteroatoms. The van der Waals surface area contributed by atoms with Crippen molar-refractivity contribution >= 4 is 5.97 Å². The summed E-state index contributed by atoms with van der Waals surface area (Å²) in [6.07, 6.45) is -0.0949. The van der Waals surface area contributed by atoms with Gasteiger partial charge in [0, 0.05) is 16.9 Å². The minimum atomic E-state index is -1.18. The smallest absolute Gasteiger partial charge is 0.331 e. The lowest BCUT2D eigenvalue weighted by Crippen LogP contribution is -2.06. The summed E-state index contributed by atoms with van der Waals surface area (Å²) in [7, 11) is 0. The first kappa shape index (κ1) is 8.61. The molecule has 0 heterocycles. The summed E-state index contributed by atoms with van der Waals surface area (Å²) in [6.45, 7) is 2.75. The van der Waals surface area contributed by atoms with Crippen LogP contribution in [0, 0.1) is 10.1 Å². The van der Waals surface area contributed by atoms with E-state index < -0.39 is 10.9 Å². The fourth-order valence-corrected chi connectivity index (χ4v) is 0.333. The van der Waals surface area contributed by atoms with E-state index in [1.54, 1.807) is 0 Å². The van der Waals surface area contributed by atoms with E-state index >= 15 is 0 Å². The largest absolute Gasteiger partial charge is 0.478 e. The molecule has 0 aliphatic heterocycles. The molecule has 5 nitrogen and oxygen atoms in total. The van der Waals surface area contributed by atoms with Crippen molar-refractivity contribution < 1.29 is 14.8 Å². The summed E-state index contributed by atoms with van der Waals surface area (Å²) in [5.74, 6) is -1.18. The van der Waals surface area contributed by atoms with Crippen LogP contribution in [0.4, 0.5) is 0 Å². The highest BCUT2D eigenvalue weighted by Gasteiger charge is 2.06. The molecule has 0 bridgehead atoms. The van der Waals surface area contributed by atoms with Crippen molar-refractivity contribution in [2.75, 3.05) is 6.54 Å². The summed E-state index contributed by atoms with van der Waals surface area (Å²) in [5, 5.41) is 17.9. The monoisotopic (exact) mass is 145 g/mol. The Hall–Kier alpha value is -1.39. The summed E-state index contributed by atoms with van der Waals surface area (Å²) in [6, 6.07) is 0. The van der Waals surface area contributed by atoms with Gasteiger partial charge in [0.25, 0.3) is 0 Å². The number of rotatable bonds is 4. The molecule has 0 spiro atoms. The van der Waals surface area contributed by atoms with Crippen molar-refractivity contribution in [3.63, 3.8) is 0 Å². The molecule has 0 aromatic carbocycles. The van der Waals surface area contributed by atoms with Crippen molar-refractivity contribution in [3.8, 4) is 0 Å². The van der Waals surface area contributed by atoms with Gasteiger partial charge in [0.05, 0.1) is 0 Å². The Kier molecular flexibility index (Phi) is 3.10. The van der Waals surface area contributed by atoms with Crippen molar-refractivity contribution in [1.82, 2.24) is 0 Å². The van der Waals surface area contributed by atoms with Crippen LogP contribution < -0.4 is 0 Å². The average molecular weight is 145 g/mol. The Bertz CT molecular complexity index is 174. The number of carbonyl (C=O) groups is 1. The van der Waals surface area contributed by atoms with Crippen LogP contribution in [0.2, 0.25) is 0 Å². The lowest BCUT2D eigenvalue weighted by molar-refractivity contribution is -0.479. The van der Waals surface area contributed by atoms with Crippen LogP contribution in [0.1, 0.15) is 6.42 Å². The van der Waals surface area contributed by atoms with E-state index in [1.807, 2.05) is 0 Å². The maximum Gasteiger partial charge on any atom is 0.331 e. The number of hydrogen-bond donors (Lipinski definition) is 1. The molecule has 0 unspecified atom stereocenters. The molecular formula is C5H7NO4. The van der Waals surface area contributed by atoms with Gasteiger partial charge in [0.15, 0.2) is 0 Å². The Labute approximate surface area is 57.1 Å². The second-order valence-electron chi connectivity index (χ2n) is 1.72. The van der Waals surface area contributed by atoms with Gasteiger partial charge in [-0.25, -0.2) is 4.79 Å². The average Bonchev–Trinajstić information content (AvgIpc) is 1.82. The minimum Gasteiger partial charge on any atom is -0.478 e. The van der Waals surface area contributed by atoms with E-state index in [0.29, 0.717) is 0 Å². The van der Waals surface area contributed by atoms with Crippen LogP contribution in [0.15, 0.2) is 12.2 Å². The number of aliphatic carboxylic acids is 1. The van der Waals surface area contributed by atoms with Crippen molar-refractivity contribution in [2.24, 2.45) is 0 Å². The highest BCUT2D eigenvalue weighted by Crippen LogP contribution is 1.96. The normalized spacial score (nSPS) is 8.80. The quantitative estimate of drug-likeness (QED) is 0.350. The van der Waals surface area contributed by atoms with Crippen molar-refractivity contribution in [1.29, 1.82) is 0 Å². The van der Waals surface area contributed by atoms with E-state index in [1.165, 1.54) is 0 Å². The van der Waals surface area contributed by atoms with Gasteiger partial charge in [0.2, 0.25) is 6.54 Å². The molecule has 0 amide bonds. The Balaban J connectivity index is 3.60. The van der Waals surface area contributed by atoms with Crippen LogP contribution in [0.3, 0.4) is 0 Å². The van der Waals surface area contributed by atoms with Gasteiger partial charge in [-0.2, -0.15) is 0 Å². The summed E-state index contributed by atoms with van der Waals surface area (Å²) in [4.78, 5) is 19.1. The molecule has 1 N–H and O–H groups in total. The molecule has 0 atom stereocenters. The van der Waals surface area contributed by atoms with Crippen LogP contribution >= 0.6 is 0 Å². The summed E-state index contributed by atoms with van der Waals surface area (Å²) < 4.78 is 0. The molecule has 0 radical (unpaired) electrons. The highest BCUT2D eigenvalue weighted by molar-refractivity contribution is 5.85. The number of carboxylic acid groups (broad SMARTS) is 1. The lowest BCUT2D eigenvalue weighted by Gasteiger charge is -1.92.